The molecule has 0 atom stereocenters. The van der Waals surface area contributed by atoms with Gasteiger partial charge in [0.1, 0.15) is 19.8 Å². The number of esters is 2. The van der Waals surface area contributed by atoms with Crippen LogP contribution >= 0.6 is 0 Å². The van der Waals surface area contributed by atoms with Crippen molar-refractivity contribution >= 4 is 18.0 Å². The lowest BCUT2D eigenvalue weighted by Gasteiger charge is -2.39. The van der Waals surface area contributed by atoms with Crippen molar-refractivity contribution in [1.29, 1.82) is 0 Å². The van der Waals surface area contributed by atoms with Crippen LogP contribution in [0.25, 0.3) is 0 Å². The largest absolute Gasteiger partial charge is 0.459 e. The fraction of sp³-hybridized carbons (Fsp3) is 0.344. The van der Waals surface area contributed by atoms with Crippen molar-refractivity contribution in [2.45, 2.75) is 25.4 Å². The van der Waals surface area contributed by atoms with E-state index in [0.29, 0.717) is 26.2 Å². The van der Waals surface area contributed by atoms with Crippen LogP contribution in [-0.4, -0.2) is 74.3 Å². The van der Waals surface area contributed by atoms with Crippen LogP contribution in [-0.2, 0) is 43.6 Å². The molecule has 0 aromatic heterocycles. The summed E-state index contributed by atoms with van der Waals surface area (Å²) in [6, 6.07) is 27.5. The summed E-state index contributed by atoms with van der Waals surface area (Å²) in [5.41, 5.74) is 0.0946. The molecule has 42 heavy (non-hydrogen) atoms. The number of hydrogen-bond donors (Lipinski definition) is 3. The maximum atomic E-state index is 14.1. The standard InChI is InChI=1S/C32H38N4O6/c37-29(40-22-26-10-4-1-5-11-26)32(30(38)41-23-27-12-6-2-7-13-27)25-35-19-18-33-16-17-34-20-21-36(32)31(39)42-24-28-14-8-3-9-15-28/h1-15,33-35H,16-25H2. The van der Waals surface area contributed by atoms with Gasteiger partial charge in [-0.2, -0.15) is 0 Å². The zero-order chi connectivity index (χ0) is 29.5. The van der Waals surface area contributed by atoms with Gasteiger partial charge in [0.15, 0.2) is 0 Å². The zero-order valence-electron chi connectivity index (χ0n) is 23.6. The third-order valence-corrected chi connectivity index (χ3v) is 6.84. The van der Waals surface area contributed by atoms with E-state index in [1.54, 1.807) is 0 Å². The number of rotatable bonds is 8. The van der Waals surface area contributed by atoms with E-state index in [1.165, 1.54) is 0 Å². The van der Waals surface area contributed by atoms with Gasteiger partial charge in [-0.3, -0.25) is 4.90 Å². The Morgan fingerprint density at radius 1 is 0.571 bits per heavy atom. The molecule has 0 radical (unpaired) electrons. The van der Waals surface area contributed by atoms with Crippen molar-refractivity contribution in [3.63, 3.8) is 0 Å². The van der Waals surface area contributed by atoms with Crippen LogP contribution < -0.4 is 16.0 Å². The highest BCUT2D eigenvalue weighted by Crippen LogP contribution is 2.24. The monoisotopic (exact) mass is 574 g/mol. The number of carbonyl (C=O) groups is 3. The van der Waals surface area contributed by atoms with Gasteiger partial charge in [0.25, 0.3) is 5.54 Å². The second-order valence-corrected chi connectivity index (χ2v) is 9.85. The zero-order valence-corrected chi connectivity index (χ0v) is 23.6. The maximum Gasteiger partial charge on any atom is 0.411 e. The summed E-state index contributed by atoms with van der Waals surface area (Å²) >= 11 is 0. The maximum absolute atomic E-state index is 14.1. The van der Waals surface area contributed by atoms with Gasteiger partial charge in [-0.1, -0.05) is 91.0 Å². The van der Waals surface area contributed by atoms with E-state index in [1.807, 2.05) is 91.0 Å². The first-order chi connectivity index (χ1) is 20.6. The third-order valence-electron chi connectivity index (χ3n) is 6.84. The van der Waals surface area contributed by atoms with Gasteiger partial charge >= 0.3 is 18.0 Å². The van der Waals surface area contributed by atoms with Gasteiger partial charge in [-0.25, -0.2) is 14.4 Å². The molecule has 1 saturated heterocycles. The molecule has 1 aliphatic rings. The van der Waals surface area contributed by atoms with Crippen LogP contribution in [0.2, 0.25) is 0 Å². The van der Waals surface area contributed by atoms with Gasteiger partial charge < -0.3 is 30.2 Å². The predicted octanol–water partition coefficient (Wildman–Crippen LogP) is 2.63. The molecule has 3 aromatic rings. The molecule has 1 heterocycles. The SMILES string of the molecule is O=C(OCc1ccccc1)N1CCNCCNCCNCC1(C(=O)OCc1ccccc1)C(=O)OCc1ccccc1. The lowest BCUT2D eigenvalue weighted by atomic mass is 9.96. The van der Waals surface area contributed by atoms with Crippen molar-refractivity contribution < 1.29 is 28.6 Å². The second kappa shape index (κ2) is 16.3. The van der Waals surface area contributed by atoms with Crippen molar-refractivity contribution in [1.82, 2.24) is 20.9 Å². The normalized spacial score (nSPS) is 15.9. The highest BCUT2D eigenvalue weighted by Gasteiger charge is 2.56. The minimum absolute atomic E-state index is 0.00379. The minimum Gasteiger partial charge on any atom is -0.459 e. The fourth-order valence-corrected chi connectivity index (χ4v) is 4.53. The molecular weight excluding hydrogens is 536 g/mol. The van der Waals surface area contributed by atoms with Crippen LogP contribution in [0, 0.1) is 0 Å². The Bertz CT molecular complexity index is 1200. The molecule has 10 heteroatoms. The van der Waals surface area contributed by atoms with Crippen molar-refractivity contribution in [2.24, 2.45) is 0 Å². The molecule has 10 nitrogen and oxygen atoms in total. The van der Waals surface area contributed by atoms with Gasteiger partial charge in [0.2, 0.25) is 0 Å². The first-order valence-corrected chi connectivity index (χ1v) is 14.1. The van der Waals surface area contributed by atoms with E-state index < -0.39 is 23.6 Å². The predicted molar refractivity (Wildman–Crippen MR) is 157 cm³/mol. The third kappa shape index (κ3) is 8.62. The van der Waals surface area contributed by atoms with Gasteiger partial charge in [-0.15, -0.1) is 0 Å². The molecule has 0 spiro atoms. The smallest absolute Gasteiger partial charge is 0.411 e. The highest BCUT2D eigenvalue weighted by molar-refractivity contribution is 6.07. The number of ether oxygens (including phenoxy) is 3. The Hall–Kier alpha value is -4.25. The molecule has 3 aromatic carbocycles. The highest BCUT2D eigenvalue weighted by atomic mass is 16.6. The molecule has 0 unspecified atom stereocenters. The van der Waals surface area contributed by atoms with E-state index in [2.05, 4.69) is 16.0 Å². The minimum atomic E-state index is -2.15. The quantitative estimate of drug-likeness (QED) is 0.212. The van der Waals surface area contributed by atoms with Crippen molar-refractivity contribution in [3.05, 3.63) is 108 Å². The number of hydrogen-bond acceptors (Lipinski definition) is 9. The number of nitrogens with zero attached hydrogens (tertiary/aromatic N) is 1. The molecule has 0 bridgehead atoms. The van der Waals surface area contributed by atoms with Gasteiger partial charge in [-0.05, 0) is 16.7 Å². The average Bonchev–Trinajstić information content (AvgIpc) is 3.03. The van der Waals surface area contributed by atoms with Crippen LogP contribution in [0.15, 0.2) is 91.0 Å². The molecular formula is C32H38N4O6. The average molecular weight is 575 g/mol. The van der Waals surface area contributed by atoms with Gasteiger partial charge in [0, 0.05) is 45.8 Å². The molecule has 0 saturated carbocycles. The van der Waals surface area contributed by atoms with E-state index in [0.717, 1.165) is 28.1 Å². The Labute approximate surface area is 246 Å². The lowest BCUT2D eigenvalue weighted by molar-refractivity contribution is -0.176. The molecule has 0 aliphatic carbocycles. The molecule has 222 valence electrons. The van der Waals surface area contributed by atoms with Crippen LogP contribution in [0.5, 0.6) is 0 Å². The summed E-state index contributed by atoms with van der Waals surface area (Å²) in [5, 5.41) is 9.73. The number of amides is 1. The number of benzene rings is 3. The fourth-order valence-electron chi connectivity index (χ4n) is 4.53. The van der Waals surface area contributed by atoms with E-state index >= 15 is 0 Å². The summed E-state index contributed by atoms with van der Waals surface area (Å²) in [6.45, 7) is 2.27. The lowest BCUT2D eigenvalue weighted by Crippen LogP contribution is -2.68. The molecule has 1 amide bonds. The van der Waals surface area contributed by atoms with Crippen molar-refractivity contribution in [2.75, 3.05) is 45.8 Å². The van der Waals surface area contributed by atoms with Crippen LogP contribution in [0.3, 0.4) is 0 Å². The summed E-state index contributed by atoms with van der Waals surface area (Å²) < 4.78 is 17.2. The first kappa shape index (κ1) is 30.7. The Morgan fingerprint density at radius 3 is 1.45 bits per heavy atom. The Morgan fingerprint density at radius 2 is 0.976 bits per heavy atom. The van der Waals surface area contributed by atoms with E-state index in [9.17, 15) is 14.4 Å². The Balaban J connectivity index is 1.67. The molecule has 4 rings (SSSR count). The van der Waals surface area contributed by atoms with E-state index in [4.69, 9.17) is 14.2 Å². The summed E-state index contributed by atoms with van der Waals surface area (Å²) in [5.74, 6) is -1.81. The van der Waals surface area contributed by atoms with Crippen LogP contribution in [0.1, 0.15) is 16.7 Å². The van der Waals surface area contributed by atoms with E-state index in [-0.39, 0.29) is 32.9 Å². The van der Waals surface area contributed by atoms with Crippen LogP contribution in [0.4, 0.5) is 4.79 Å². The molecule has 1 fully saturated rings. The molecule has 3 N–H and O–H groups in total. The summed E-state index contributed by atoms with van der Waals surface area (Å²) in [7, 11) is 0. The summed E-state index contributed by atoms with van der Waals surface area (Å²) in [4.78, 5) is 43.1. The molecule has 1 aliphatic heterocycles. The van der Waals surface area contributed by atoms with Gasteiger partial charge in [0.05, 0.1) is 0 Å². The second-order valence-electron chi connectivity index (χ2n) is 9.85. The summed E-state index contributed by atoms with van der Waals surface area (Å²) in [6.07, 6.45) is -0.828. The number of carbonyl (C=O) groups excluding carboxylic acids is 3. The first-order valence-electron chi connectivity index (χ1n) is 14.1. The van der Waals surface area contributed by atoms with Crippen molar-refractivity contribution in [3.8, 4) is 0 Å². The topological polar surface area (TPSA) is 118 Å². The number of nitrogens with one attached hydrogen (secondary N) is 3. The Kier molecular flexibility index (Phi) is 11.9.